The molecule has 0 fully saturated rings. The average Bonchev–Trinajstić information content (AvgIpc) is 2.93. The highest BCUT2D eigenvalue weighted by atomic mass is 35.5. The molecule has 7 heteroatoms. The minimum Gasteiger partial charge on any atom is -0.318 e. The molecule has 2 aromatic rings. The quantitative estimate of drug-likeness (QED) is 0.664. The highest BCUT2D eigenvalue weighted by Crippen LogP contribution is 2.27. The second kappa shape index (κ2) is 7.09. The number of hydrogen-bond acceptors (Lipinski definition) is 4. The topological polar surface area (TPSA) is 78.8 Å². The van der Waals surface area contributed by atoms with Crippen LogP contribution in [-0.2, 0) is 14.4 Å². The van der Waals surface area contributed by atoms with Gasteiger partial charge in [0.05, 0.1) is 22.1 Å². The Bertz CT molecular complexity index is 925. The lowest BCUT2D eigenvalue weighted by Crippen LogP contribution is -2.39. The minimum atomic E-state index is -1.24. The Labute approximate surface area is 155 Å². The van der Waals surface area contributed by atoms with E-state index in [2.05, 4.69) is 10.4 Å². The molecule has 1 N–H and O–H groups in total. The number of aryl methyl sites for hydroxylation is 1. The molecule has 1 aliphatic rings. The summed E-state index contributed by atoms with van der Waals surface area (Å²) in [5, 5.41) is 8.11. The van der Waals surface area contributed by atoms with E-state index in [0.717, 1.165) is 10.6 Å². The fourth-order valence-corrected chi connectivity index (χ4v) is 2.85. The number of nitrogens with one attached hydrogen (secondary N) is 1. The van der Waals surface area contributed by atoms with Crippen LogP contribution in [0.1, 0.15) is 12.5 Å². The first-order chi connectivity index (χ1) is 12.4. The molecule has 2 aromatic carbocycles. The number of Topliss-reactive ketones (excluding diaryl/α,β-unsaturated/α-hetero) is 1. The molecule has 0 saturated carbocycles. The summed E-state index contributed by atoms with van der Waals surface area (Å²) in [7, 11) is 0. The van der Waals surface area contributed by atoms with Crippen LogP contribution in [0.4, 0.5) is 11.4 Å². The maximum Gasteiger partial charge on any atom is 0.293 e. The first-order valence-electron chi connectivity index (χ1n) is 7.94. The number of rotatable bonds is 4. The first-order valence-corrected chi connectivity index (χ1v) is 8.32. The van der Waals surface area contributed by atoms with Crippen molar-refractivity contribution in [1.82, 2.24) is 0 Å². The van der Waals surface area contributed by atoms with E-state index in [1.165, 1.54) is 0 Å². The van der Waals surface area contributed by atoms with Gasteiger partial charge >= 0.3 is 0 Å². The van der Waals surface area contributed by atoms with E-state index in [9.17, 15) is 14.4 Å². The summed E-state index contributed by atoms with van der Waals surface area (Å²) in [6.07, 6.45) is 0. The molecule has 1 aliphatic heterocycles. The van der Waals surface area contributed by atoms with Crippen molar-refractivity contribution in [2.45, 2.75) is 13.8 Å². The third-order valence-electron chi connectivity index (χ3n) is 4.06. The van der Waals surface area contributed by atoms with Crippen LogP contribution in [0.15, 0.2) is 53.6 Å². The summed E-state index contributed by atoms with van der Waals surface area (Å²) in [6, 6.07) is 13.8. The Morgan fingerprint density at radius 3 is 2.46 bits per heavy atom. The Balaban J connectivity index is 1.79. The van der Waals surface area contributed by atoms with Crippen molar-refractivity contribution in [2.75, 3.05) is 10.3 Å². The highest BCUT2D eigenvalue weighted by Gasteiger charge is 2.42. The Kier molecular flexibility index (Phi) is 4.86. The molecule has 1 heterocycles. The van der Waals surface area contributed by atoms with Gasteiger partial charge in [-0.05, 0) is 37.6 Å². The SMILES string of the molecule is CC1=NN(c2ccccc2)C(=O)[C@H]1C(=O)C(=O)Nc1cccc(C)c1Cl. The van der Waals surface area contributed by atoms with Crippen LogP contribution in [0.2, 0.25) is 5.02 Å². The molecule has 0 aliphatic carbocycles. The summed E-state index contributed by atoms with van der Waals surface area (Å²) in [4.78, 5) is 37.5. The zero-order valence-electron chi connectivity index (χ0n) is 14.2. The molecule has 2 amide bonds. The van der Waals surface area contributed by atoms with Crippen molar-refractivity contribution in [1.29, 1.82) is 0 Å². The Morgan fingerprint density at radius 1 is 1.08 bits per heavy atom. The molecule has 6 nitrogen and oxygen atoms in total. The van der Waals surface area contributed by atoms with Crippen LogP contribution >= 0.6 is 11.6 Å². The van der Waals surface area contributed by atoms with Crippen molar-refractivity contribution in [2.24, 2.45) is 11.0 Å². The fraction of sp³-hybridized carbons (Fsp3) is 0.158. The molecule has 0 aromatic heterocycles. The summed E-state index contributed by atoms with van der Waals surface area (Å²) in [6.45, 7) is 3.34. The van der Waals surface area contributed by atoms with Crippen LogP contribution in [0.3, 0.4) is 0 Å². The van der Waals surface area contributed by atoms with Crippen LogP contribution in [-0.4, -0.2) is 23.3 Å². The van der Waals surface area contributed by atoms with E-state index in [-0.39, 0.29) is 5.71 Å². The number of ketones is 1. The van der Waals surface area contributed by atoms with Gasteiger partial charge in [-0.25, -0.2) is 0 Å². The molecule has 3 rings (SSSR count). The van der Waals surface area contributed by atoms with Gasteiger partial charge in [-0.1, -0.05) is 41.9 Å². The number of carbonyl (C=O) groups is 3. The number of hydrazone groups is 1. The Hall–Kier alpha value is -2.99. The number of hydrogen-bond donors (Lipinski definition) is 1. The van der Waals surface area contributed by atoms with Crippen LogP contribution in [0, 0.1) is 12.8 Å². The van der Waals surface area contributed by atoms with Crippen LogP contribution in [0.5, 0.6) is 0 Å². The number of halogens is 1. The standard InChI is InChI=1S/C19H16ClN3O3/c1-11-7-6-10-14(16(11)20)21-18(25)17(24)15-12(2)22-23(19(15)26)13-8-4-3-5-9-13/h3-10,15H,1-2H3,(H,21,25)/t15-/m1/s1. The maximum atomic E-state index is 12.6. The third kappa shape index (κ3) is 3.23. The lowest BCUT2D eigenvalue weighted by molar-refractivity contribution is -0.138. The average molecular weight is 370 g/mol. The molecule has 0 radical (unpaired) electrons. The van der Waals surface area contributed by atoms with E-state index in [4.69, 9.17) is 11.6 Å². The van der Waals surface area contributed by atoms with Crippen molar-refractivity contribution in [3.63, 3.8) is 0 Å². The zero-order chi connectivity index (χ0) is 18.8. The van der Waals surface area contributed by atoms with Crippen molar-refractivity contribution in [3.05, 3.63) is 59.1 Å². The van der Waals surface area contributed by atoms with Gasteiger partial charge in [-0.15, -0.1) is 0 Å². The smallest absolute Gasteiger partial charge is 0.293 e. The highest BCUT2D eigenvalue weighted by molar-refractivity contribution is 6.50. The van der Waals surface area contributed by atoms with Gasteiger partial charge in [0.25, 0.3) is 11.8 Å². The largest absolute Gasteiger partial charge is 0.318 e. The molecule has 0 saturated heterocycles. The summed E-state index contributed by atoms with van der Waals surface area (Å²) in [5.41, 5.74) is 1.90. The molecule has 26 heavy (non-hydrogen) atoms. The monoisotopic (exact) mass is 369 g/mol. The van der Waals surface area contributed by atoms with Gasteiger partial charge in [-0.2, -0.15) is 10.1 Å². The van der Waals surface area contributed by atoms with E-state index < -0.39 is 23.5 Å². The van der Waals surface area contributed by atoms with Gasteiger partial charge in [0, 0.05) is 0 Å². The lowest BCUT2D eigenvalue weighted by atomic mass is 9.98. The number of nitrogens with zero attached hydrogens (tertiary/aromatic N) is 2. The Morgan fingerprint density at radius 2 is 1.77 bits per heavy atom. The van der Waals surface area contributed by atoms with Crippen molar-refractivity contribution >= 4 is 46.3 Å². The maximum absolute atomic E-state index is 12.6. The molecule has 0 bridgehead atoms. The molecule has 0 unspecified atom stereocenters. The second-order valence-electron chi connectivity index (χ2n) is 5.91. The third-order valence-corrected chi connectivity index (χ3v) is 4.56. The van der Waals surface area contributed by atoms with Crippen LogP contribution < -0.4 is 10.3 Å². The molecular formula is C19H16ClN3O3. The van der Waals surface area contributed by atoms with Crippen molar-refractivity contribution in [3.8, 4) is 0 Å². The number of amides is 2. The molecule has 132 valence electrons. The predicted molar refractivity (Wildman–Crippen MR) is 100 cm³/mol. The van der Waals surface area contributed by atoms with Gasteiger partial charge in [-0.3, -0.25) is 14.4 Å². The number of anilines is 2. The summed E-state index contributed by atoms with van der Waals surface area (Å²) < 4.78 is 0. The molecule has 0 spiro atoms. The molecular weight excluding hydrogens is 354 g/mol. The summed E-state index contributed by atoms with van der Waals surface area (Å²) in [5.74, 6) is -3.56. The van der Waals surface area contributed by atoms with Gasteiger partial charge in [0.2, 0.25) is 5.78 Å². The van der Waals surface area contributed by atoms with Crippen LogP contribution in [0.25, 0.3) is 0 Å². The van der Waals surface area contributed by atoms with Gasteiger partial charge in [0.15, 0.2) is 0 Å². The van der Waals surface area contributed by atoms with Crippen molar-refractivity contribution < 1.29 is 14.4 Å². The van der Waals surface area contributed by atoms with Gasteiger partial charge in [0.1, 0.15) is 5.92 Å². The van der Waals surface area contributed by atoms with Gasteiger partial charge < -0.3 is 5.32 Å². The normalized spacial score (nSPS) is 16.4. The summed E-state index contributed by atoms with van der Waals surface area (Å²) >= 11 is 6.14. The zero-order valence-corrected chi connectivity index (χ0v) is 14.9. The second-order valence-corrected chi connectivity index (χ2v) is 6.29. The number of carbonyl (C=O) groups excluding carboxylic acids is 3. The fourth-order valence-electron chi connectivity index (χ4n) is 2.68. The van der Waals surface area contributed by atoms with E-state index in [1.807, 2.05) is 6.07 Å². The van der Waals surface area contributed by atoms with E-state index >= 15 is 0 Å². The number of para-hydroxylation sites is 1. The lowest BCUT2D eigenvalue weighted by Gasteiger charge is -2.14. The predicted octanol–water partition coefficient (Wildman–Crippen LogP) is 3.19. The van der Waals surface area contributed by atoms with E-state index in [1.54, 1.807) is 56.3 Å². The molecule has 1 atom stereocenters. The number of benzene rings is 2. The minimum absolute atomic E-state index is 0.273. The first kappa shape index (κ1) is 17.8. The van der Waals surface area contributed by atoms with E-state index in [0.29, 0.717) is 16.4 Å².